The molecule has 7 heteroatoms. The van der Waals surface area contributed by atoms with Gasteiger partial charge in [-0.15, -0.1) is 0 Å². The number of rotatable bonds is 7. The van der Waals surface area contributed by atoms with Gasteiger partial charge >= 0.3 is 12.1 Å². The van der Waals surface area contributed by atoms with Crippen molar-refractivity contribution in [3.8, 4) is 11.1 Å². The van der Waals surface area contributed by atoms with Gasteiger partial charge in [-0.05, 0) is 28.7 Å². The zero-order valence-corrected chi connectivity index (χ0v) is 15.3. The number of aliphatic carboxylic acids is 1. The van der Waals surface area contributed by atoms with Crippen molar-refractivity contribution < 1.29 is 28.2 Å². The Morgan fingerprint density at radius 1 is 1.04 bits per heavy atom. The van der Waals surface area contributed by atoms with E-state index in [0.717, 1.165) is 27.2 Å². The average molecular weight is 389 g/mol. The van der Waals surface area contributed by atoms with Crippen molar-refractivity contribution in [1.29, 1.82) is 0 Å². The highest BCUT2D eigenvalue weighted by Gasteiger charge is 2.32. The summed E-state index contributed by atoms with van der Waals surface area (Å²) in [4.78, 5) is 24.6. The minimum Gasteiger partial charge on any atom is -0.480 e. The van der Waals surface area contributed by atoms with Gasteiger partial charge in [0.2, 0.25) is 6.43 Å². The van der Waals surface area contributed by atoms with Crippen LogP contribution in [0, 0.1) is 0 Å². The summed E-state index contributed by atoms with van der Waals surface area (Å²) in [5.41, 5.74) is 4.22. The summed E-state index contributed by atoms with van der Waals surface area (Å²) in [5, 5.41) is 9.25. The first-order valence-electron chi connectivity index (χ1n) is 8.99. The van der Waals surface area contributed by atoms with Gasteiger partial charge in [0.25, 0.3) is 0 Å². The van der Waals surface area contributed by atoms with Gasteiger partial charge in [0.15, 0.2) is 0 Å². The minimum atomic E-state index is -2.63. The Morgan fingerprint density at radius 2 is 1.57 bits per heavy atom. The topological polar surface area (TPSA) is 66.8 Å². The molecule has 0 bridgehead atoms. The molecule has 0 saturated carbocycles. The number of ether oxygens (including phenoxy) is 1. The summed E-state index contributed by atoms with van der Waals surface area (Å²) in [7, 11) is 1.25. The molecule has 5 nitrogen and oxygen atoms in total. The number of hydrogen-bond acceptors (Lipinski definition) is 3. The number of hydrogen-bond donors (Lipinski definition) is 1. The largest absolute Gasteiger partial charge is 0.480 e. The number of alkyl halides is 2. The van der Waals surface area contributed by atoms with Crippen molar-refractivity contribution >= 4 is 12.1 Å². The molecule has 0 aromatic heterocycles. The number of carboxylic acid groups (broad SMARTS) is 1. The van der Waals surface area contributed by atoms with E-state index < -0.39 is 31.0 Å². The molecule has 2 aromatic rings. The highest BCUT2D eigenvalue weighted by Crippen LogP contribution is 2.44. The van der Waals surface area contributed by atoms with Gasteiger partial charge in [-0.1, -0.05) is 48.5 Å². The molecule has 2 aromatic carbocycles. The van der Waals surface area contributed by atoms with E-state index in [4.69, 9.17) is 4.74 Å². The third-order valence-corrected chi connectivity index (χ3v) is 5.03. The summed E-state index contributed by atoms with van der Waals surface area (Å²) in [6.45, 7) is 0.0401. The van der Waals surface area contributed by atoms with Crippen LogP contribution >= 0.6 is 0 Å². The van der Waals surface area contributed by atoms with Crippen LogP contribution in [0.1, 0.15) is 29.9 Å². The normalized spacial score (nSPS) is 13.7. The Labute approximate surface area is 161 Å². The van der Waals surface area contributed by atoms with Crippen LogP contribution in [0.15, 0.2) is 48.5 Å². The number of nitrogens with zero attached hydrogens (tertiary/aromatic N) is 1. The number of carbonyl (C=O) groups excluding carboxylic acids is 1. The van der Waals surface area contributed by atoms with Gasteiger partial charge in [0.1, 0.15) is 12.6 Å². The van der Waals surface area contributed by atoms with Crippen LogP contribution in [0.4, 0.5) is 13.6 Å². The number of likely N-dealkylation sites (N-methyl/N-ethyl adjacent to an activating group) is 1. The molecule has 0 spiro atoms. The number of carbonyl (C=O) groups is 2. The number of amides is 1. The highest BCUT2D eigenvalue weighted by molar-refractivity contribution is 5.81. The molecule has 148 valence electrons. The second kappa shape index (κ2) is 8.37. The van der Waals surface area contributed by atoms with Crippen molar-refractivity contribution in [2.75, 3.05) is 13.7 Å². The zero-order valence-electron chi connectivity index (χ0n) is 15.3. The fraction of sp³-hybridized carbons (Fsp3) is 0.333. The third kappa shape index (κ3) is 3.98. The monoisotopic (exact) mass is 389 g/mol. The van der Waals surface area contributed by atoms with Crippen molar-refractivity contribution in [3.05, 3.63) is 59.7 Å². The SMILES string of the molecule is CN(C(=O)OCC1c2ccccc2-c2ccccc21)[C@@H](CCC(F)F)C(=O)O. The summed E-state index contributed by atoms with van der Waals surface area (Å²) in [5.74, 6) is -1.49. The van der Waals surface area contributed by atoms with E-state index >= 15 is 0 Å². The van der Waals surface area contributed by atoms with Gasteiger partial charge in [-0.25, -0.2) is 18.4 Å². The number of halogens is 2. The van der Waals surface area contributed by atoms with Crippen LogP contribution in [0.5, 0.6) is 0 Å². The summed E-state index contributed by atoms with van der Waals surface area (Å²) >= 11 is 0. The first-order chi connectivity index (χ1) is 13.4. The molecular weight excluding hydrogens is 368 g/mol. The maximum absolute atomic E-state index is 12.4. The molecule has 0 aliphatic heterocycles. The summed E-state index contributed by atoms with van der Waals surface area (Å²) in [6.07, 6.45) is -4.41. The molecule has 1 amide bonds. The third-order valence-electron chi connectivity index (χ3n) is 5.03. The first-order valence-corrected chi connectivity index (χ1v) is 8.99. The standard InChI is InChI=1S/C21H21F2NO4/c1-24(18(20(25)26)10-11-19(22)23)21(27)28-12-17-15-8-4-2-6-13(15)14-7-3-5-9-16(14)17/h2-9,17-19H,10-12H2,1H3,(H,25,26)/t18-/m0/s1. The highest BCUT2D eigenvalue weighted by atomic mass is 19.3. The Hall–Kier alpha value is -2.96. The Morgan fingerprint density at radius 3 is 2.07 bits per heavy atom. The number of benzene rings is 2. The molecule has 0 fully saturated rings. The lowest BCUT2D eigenvalue weighted by atomic mass is 9.98. The lowest BCUT2D eigenvalue weighted by molar-refractivity contribution is -0.142. The molecule has 1 N–H and O–H groups in total. The average Bonchev–Trinajstić information content (AvgIpc) is 2.99. The van der Waals surface area contributed by atoms with Gasteiger partial charge in [-0.3, -0.25) is 4.90 Å². The van der Waals surface area contributed by atoms with Gasteiger partial charge < -0.3 is 9.84 Å². The quantitative estimate of drug-likeness (QED) is 0.764. The van der Waals surface area contributed by atoms with E-state index in [1.54, 1.807) is 0 Å². The predicted octanol–water partition coefficient (Wildman–Crippen LogP) is 4.37. The molecule has 3 rings (SSSR count). The molecule has 1 aliphatic rings. The molecular formula is C21H21F2NO4. The fourth-order valence-electron chi connectivity index (χ4n) is 3.59. The van der Waals surface area contributed by atoms with E-state index in [2.05, 4.69) is 0 Å². The smallest absolute Gasteiger partial charge is 0.410 e. The van der Waals surface area contributed by atoms with Gasteiger partial charge in [0, 0.05) is 19.4 Å². The van der Waals surface area contributed by atoms with Crippen LogP contribution in [0.3, 0.4) is 0 Å². The van der Waals surface area contributed by atoms with E-state index in [9.17, 15) is 23.5 Å². The Balaban J connectivity index is 1.71. The van der Waals surface area contributed by atoms with E-state index in [0.29, 0.717) is 0 Å². The lowest BCUT2D eigenvalue weighted by Gasteiger charge is -2.25. The van der Waals surface area contributed by atoms with Crippen LogP contribution in [0.25, 0.3) is 11.1 Å². The number of carboxylic acids is 1. The van der Waals surface area contributed by atoms with E-state index in [1.807, 2.05) is 48.5 Å². The second-order valence-corrected chi connectivity index (χ2v) is 6.74. The van der Waals surface area contributed by atoms with E-state index in [-0.39, 0.29) is 18.9 Å². The van der Waals surface area contributed by atoms with E-state index in [1.165, 1.54) is 7.05 Å². The van der Waals surface area contributed by atoms with Crippen molar-refractivity contribution in [3.63, 3.8) is 0 Å². The second-order valence-electron chi connectivity index (χ2n) is 6.74. The molecule has 0 heterocycles. The molecule has 0 saturated heterocycles. The van der Waals surface area contributed by atoms with Gasteiger partial charge in [0.05, 0.1) is 0 Å². The first kappa shape index (κ1) is 19.8. The Bertz CT molecular complexity index is 825. The van der Waals surface area contributed by atoms with Crippen LogP contribution in [0.2, 0.25) is 0 Å². The molecule has 0 radical (unpaired) electrons. The van der Waals surface area contributed by atoms with Crippen LogP contribution in [-0.4, -0.2) is 48.2 Å². The molecule has 0 unspecified atom stereocenters. The molecule has 1 aliphatic carbocycles. The minimum absolute atomic E-state index is 0.0401. The van der Waals surface area contributed by atoms with Crippen LogP contribution in [-0.2, 0) is 9.53 Å². The van der Waals surface area contributed by atoms with Crippen molar-refractivity contribution in [1.82, 2.24) is 4.90 Å². The number of fused-ring (bicyclic) bond motifs is 3. The molecule has 1 atom stereocenters. The predicted molar refractivity (Wildman–Crippen MR) is 99.5 cm³/mol. The summed E-state index contributed by atoms with van der Waals surface area (Å²) < 4.78 is 30.2. The van der Waals surface area contributed by atoms with Crippen LogP contribution < -0.4 is 0 Å². The lowest BCUT2D eigenvalue weighted by Crippen LogP contribution is -2.43. The fourth-order valence-corrected chi connectivity index (χ4v) is 3.59. The van der Waals surface area contributed by atoms with Crippen molar-refractivity contribution in [2.24, 2.45) is 0 Å². The van der Waals surface area contributed by atoms with Crippen molar-refractivity contribution in [2.45, 2.75) is 31.2 Å². The Kier molecular flexibility index (Phi) is 5.92. The summed E-state index contributed by atoms with van der Waals surface area (Å²) in [6, 6.07) is 14.3. The maximum atomic E-state index is 12.4. The zero-order chi connectivity index (χ0) is 20.3. The van der Waals surface area contributed by atoms with Gasteiger partial charge in [-0.2, -0.15) is 0 Å². The molecule has 28 heavy (non-hydrogen) atoms. The maximum Gasteiger partial charge on any atom is 0.410 e.